The van der Waals surface area contributed by atoms with Gasteiger partial charge in [-0.3, -0.25) is 14.5 Å². The highest BCUT2D eigenvalue weighted by Gasteiger charge is 2.29. The molecule has 0 unspecified atom stereocenters. The Bertz CT molecular complexity index is 270. The molecule has 0 aromatic heterocycles. The van der Waals surface area contributed by atoms with E-state index in [2.05, 4.69) is 25.5 Å². The second-order valence-electron chi connectivity index (χ2n) is 5.61. The summed E-state index contributed by atoms with van der Waals surface area (Å²) in [7, 11) is 0. The molecule has 0 spiro atoms. The van der Waals surface area contributed by atoms with Crippen LogP contribution in [0.5, 0.6) is 0 Å². The maximum Gasteiger partial charge on any atom is 0.327 e. The van der Waals surface area contributed by atoms with E-state index in [9.17, 15) is 9.59 Å². The second-order valence-corrected chi connectivity index (χ2v) is 5.61. The van der Waals surface area contributed by atoms with E-state index in [0.29, 0.717) is 0 Å². The molecular weight excluding hydrogens is 218 g/mol. The number of esters is 2. The first-order valence-corrected chi connectivity index (χ1v) is 6.39. The van der Waals surface area contributed by atoms with Gasteiger partial charge in [0.05, 0.1) is 13.1 Å². The first-order valence-electron chi connectivity index (χ1n) is 6.39. The van der Waals surface area contributed by atoms with E-state index >= 15 is 0 Å². The summed E-state index contributed by atoms with van der Waals surface area (Å²) in [6.07, 6.45) is 4.78. The third-order valence-corrected chi connectivity index (χ3v) is 3.04. The molecule has 0 bridgehead atoms. The summed E-state index contributed by atoms with van der Waals surface area (Å²) in [6, 6.07) is 0. The maximum atomic E-state index is 11.1. The highest BCUT2D eigenvalue weighted by atomic mass is 16.6. The van der Waals surface area contributed by atoms with Gasteiger partial charge in [0.2, 0.25) is 0 Å². The van der Waals surface area contributed by atoms with Gasteiger partial charge in [-0.25, -0.2) is 0 Å². The molecule has 1 rings (SSSR count). The van der Waals surface area contributed by atoms with Crippen LogP contribution < -0.4 is 0 Å². The molecule has 0 aliphatic carbocycles. The van der Waals surface area contributed by atoms with Gasteiger partial charge in [-0.2, -0.15) is 0 Å². The van der Waals surface area contributed by atoms with Gasteiger partial charge in [-0.1, -0.05) is 40.0 Å². The lowest BCUT2D eigenvalue weighted by Crippen LogP contribution is -2.46. The zero-order chi connectivity index (χ0) is 12.9. The van der Waals surface area contributed by atoms with Crippen LogP contribution >= 0.6 is 0 Å². The Hall–Kier alpha value is -0.900. The van der Waals surface area contributed by atoms with Crippen LogP contribution in [0, 0.1) is 5.41 Å². The van der Waals surface area contributed by atoms with Crippen molar-refractivity contribution in [3.63, 3.8) is 0 Å². The van der Waals surface area contributed by atoms with Crippen LogP contribution in [0.1, 0.15) is 46.5 Å². The first kappa shape index (κ1) is 14.2. The quantitative estimate of drug-likeness (QED) is 0.405. The minimum Gasteiger partial charge on any atom is -0.391 e. The Morgan fingerprint density at radius 1 is 1.18 bits per heavy atom. The molecule has 4 heteroatoms. The maximum absolute atomic E-state index is 11.1. The number of rotatable bonds is 6. The van der Waals surface area contributed by atoms with Crippen molar-refractivity contribution in [2.45, 2.75) is 46.5 Å². The monoisotopic (exact) mass is 241 g/mol. The van der Waals surface area contributed by atoms with Gasteiger partial charge in [0.15, 0.2) is 0 Å². The number of ether oxygens (including phenoxy) is 1. The Morgan fingerprint density at radius 2 is 1.76 bits per heavy atom. The van der Waals surface area contributed by atoms with E-state index in [-0.39, 0.29) is 18.5 Å². The van der Waals surface area contributed by atoms with E-state index in [4.69, 9.17) is 0 Å². The molecule has 0 aromatic rings. The number of hydrogen-bond donors (Lipinski definition) is 0. The number of carbonyl (C=O) groups is 2. The van der Waals surface area contributed by atoms with E-state index in [0.717, 1.165) is 13.0 Å². The van der Waals surface area contributed by atoms with Crippen LogP contribution in [-0.4, -0.2) is 36.5 Å². The third-order valence-electron chi connectivity index (χ3n) is 3.04. The van der Waals surface area contributed by atoms with Crippen molar-refractivity contribution in [3.8, 4) is 0 Å². The number of carbonyl (C=O) groups excluding carboxylic acids is 2. The summed E-state index contributed by atoms with van der Waals surface area (Å²) in [5.41, 5.74) is 0.146. The minimum atomic E-state index is -0.425. The van der Waals surface area contributed by atoms with E-state index in [1.165, 1.54) is 19.3 Å². The number of morpholine rings is 1. The van der Waals surface area contributed by atoms with Crippen molar-refractivity contribution in [2.24, 2.45) is 5.41 Å². The fraction of sp³-hybridized carbons (Fsp3) is 0.846. The largest absolute Gasteiger partial charge is 0.391 e. The zero-order valence-electron chi connectivity index (χ0n) is 11.1. The molecular formula is C13H23NO3. The molecule has 0 atom stereocenters. The molecule has 1 heterocycles. The Kier molecular flexibility index (Phi) is 5.12. The van der Waals surface area contributed by atoms with Crippen molar-refractivity contribution in [1.82, 2.24) is 4.90 Å². The average Bonchev–Trinajstić information content (AvgIpc) is 2.14. The zero-order valence-corrected chi connectivity index (χ0v) is 11.1. The Balaban J connectivity index is 2.40. The molecule has 0 aromatic carbocycles. The molecule has 0 radical (unpaired) electrons. The molecule has 4 nitrogen and oxygen atoms in total. The van der Waals surface area contributed by atoms with Gasteiger partial charge in [0.25, 0.3) is 0 Å². The molecule has 1 aliphatic heterocycles. The molecule has 17 heavy (non-hydrogen) atoms. The van der Waals surface area contributed by atoms with Crippen molar-refractivity contribution in [1.29, 1.82) is 0 Å². The number of cyclic esters (lactones) is 2. The molecule has 1 aliphatic rings. The van der Waals surface area contributed by atoms with Crippen LogP contribution in [0.2, 0.25) is 0 Å². The summed E-state index contributed by atoms with van der Waals surface area (Å²) in [4.78, 5) is 24.2. The summed E-state index contributed by atoms with van der Waals surface area (Å²) >= 11 is 0. The summed E-state index contributed by atoms with van der Waals surface area (Å²) in [6.45, 7) is 7.82. The lowest BCUT2D eigenvalue weighted by atomic mass is 9.86. The average molecular weight is 241 g/mol. The summed E-state index contributed by atoms with van der Waals surface area (Å²) < 4.78 is 4.51. The lowest BCUT2D eigenvalue weighted by Gasteiger charge is -2.33. The third kappa shape index (κ3) is 5.31. The number of unbranched alkanes of at least 4 members (excludes halogenated alkanes) is 2. The molecule has 98 valence electrons. The smallest absolute Gasteiger partial charge is 0.327 e. The van der Waals surface area contributed by atoms with Crippen molar-refractivity contribution in [2.75, 3.05) is 19.6 Å². The lowest BCUT2D eigenvalue weighted by molar-refractivity contribution is -0.167. The van der Waals surface area contributed by atoms with Crippen LogP contribution in [0.4, 0.5) is 0 Å². The first-order chi connectivity index (χ1) is 7.93. The molecule has 1 saturated heterocycles. The summed E-state index contributed by atoms with van der Waals surface area (Å²) in [5.74, 6) is -0.851. The van der Waals surface area contributed by atoms with Crippen LogP contribution in [0.3, 0.4) is 0 Å². The highest BCUT2D eigenvalue weighted by Crippen LogP contribution is 2.25. The van der Waals surface area contributed by atoms with Crippen molar-refractivity contribution >= 4 is 11.9 Å². The van der Waals surface area contributed by atoms with Gasteiger partial charge < -0.3 is 4.74 Å². The number of hydrogen-bond acceptors (Lipinski definition) is 4. The molecule has 0 amide bonds. The van der Waals surface area contributed by atoms with Gasteiger partial charge in [0, 0.05) is 6.54 Å². The van der Waals surface area contributed by atoms with E-state index < -0.39 is 11.9 Å². The van der Waals surface area contributed by atoms with Gasteiger partial charge in [0.1, 0.15) is 0 Å². The van der Waals surface area contributed by atoms with Gasteiger partial charge >= 0.3 is 11.9 Å². The topological polar surface area (TPSA) is 46.6 Å². The molecule has 0 N–H and O–H groups in total. The summed E-state index contributed by atoms with van der Waals surface area (Å²) in [5, 5.41) is 0. The molecule has 1 fully saturated rings. The van der Waals surface area contributed by atoms with Crippen LogP contribution in [0.15, 0.2) is 0 Å². The van der Waals surface area contributed by atoms with Gasteiger partial charge in [-0.15, -0.1) is 0 Å². The van der Waals surface area contributed by atoms with Crippen molar-refractivity contribution < 1.29 is 14.3 Å². The van der Waals surface area contributed by atoms with E-state index in [1.807, 2.05) is 4.90 Å². The minimum absolute atomic E-state index is 0.146. The fourth-order valence-electron chi connectivity index (χ4n) is 2.26. The second kappa shape index (κ2) is 6.15. The fourth-order valence-corrected chi connectivity index (χ4v) is 2.26. The van der Waals surface area contributed by atoms with Gasteiger partial charge in [-0.05, 0) is 11.8 Å². The van der Waals surface area contributed by atoms with E-state index in [1.54, 1.807) is 0 Å². The predicted molar refractivity (Wildman–Crippen MR) is 65.5 cm³/mol. The Labute approximate surface area is 103 Å². The standard InChI is InChI=1S/C13H23NO3/c1-4-5-6-7-13(2,3)10-14-8-11(15)17-12(16)9-14/h4-10H2,1-3H3. The normalized spacial score (nSPS) is 18.3. The predicted octanol–water partition coefficient (Wildman–Crippen LogP) is 1.98. The van der Waals surface area contributed by atoms with Crippen LogP contribution in [-0.2, 0) is 14.3 Å². The number of nitrogens with zero attached hydrogens (tertiary/aromatic N) is 1. The SMILES string of the molecule is CCCCCC(C)(C)CN1CC(=O)OC(=O)C1. The highest BCUT2D eigenvalue weighted by molar-refractivity contribution is 5.90. The molecule has 0 saturated carbocycles. The van der Waals surface area contributed by atoms with Crippen molar-refractivity contribution in [3.05, 3.63) is 0 Å². The Morgan fingerprint density at radius 3 is 2.29 bits per heavy atom. The van der Waals surface area contributed by atoms with Crippen LogP contribution in [0.25, 0.3) is 0 Å².